The second-order valence-electron chi connectivity index (χ2n) is 2.99. The fourth-order valence-electron chi connectivity index (χ4n) is 1.20. The highest BCUT2D eigenvalue weighted by Crippen LogP contribution is 2.28. The van der Waals surface area contributed by atoms with E-state index in [0.29, 0.717) is 29.9 Å². The lowest BCUT2D eigenvalue weighted by Gasteiger charge is -2.08. The molecule has 0 spiro atoms. The van der Waals surface area contributed by atoms with Crippen LogP contribution in [0.2, 0.25) is 0 Å². The van der Waals surface area contributed by atoms with Crippen molar-refractivity contribution in [3.63, 3.8) is 0 Å². The third-order valence-corrected chi connectivity index (χ3v) is 3.31. The van der Waals surface area contributed by atoms with E-state index in [1.165, 1.54) is 0 Å². The molecule has 2 N–H and O–H groups in total. The molecule has 17 heavy (non-hydrogen) atoms. The van der Waals surface area contributed by atoms with E-state index in [0.717, 1.165) is 6.21 Å². The first-order valence-corrected chi connectivity index (χ1v) is 9.39. The Kier molecular flexibility index (Phi) is 6.79. The van der Waals surface area contributed by atoms with Crippen LogP contribution < -0.4 is 5.09 Å². The van der Waals surface area contributed by atoms with Gasteiger partial charge in [-0.3, -0.25) is 0 Å². The summed E-state index contributed by atoms with van der Waals surface area (Å²) in [5, 5.41) is 10.3. The average molecular weight is 383 g/mol. The zero-order valence-electron chi connectivity index (χ0n) is 8.78. The van der Waals surface area contributed by atoms with Crippen molar-refractivity contribution >= 4 is 51.9 Å². The molecule has 0 heterocycles. The maximum absolute atomic E-state index is 14.0. The minimum absolute atomic E-state index is 0.242. The van der Waals surface area contributed by atoms with E-state index in [2.05, 4.69) is 39.0 Å². The summed E-state index contributed by atoms with van der Waals surface area (Å²) in [6.45, 7) is 0. The predicted molar refractivity (Wildman–Crippen MR) is 82.5 cm³/mol. The average Bonchev–Trinajstić information content (AvgIpc) is 2.33. The molecule has 6 heteroatoms. The summed E-state index contributed by atoms with van der Waals surface area (Å²) >= 11 is 7.64. The van der Waals surface area contributed by atoms with Crippen molar-refractivity contribution in [1.29, 1.82) is 5.41 Å². The molecule has 0 aliphatic carbocycles. The Morgan fingerprint density at radius 1 is 1.59 bits per heavy atom. The minimum atomic E-state index is -0.457. The van der Waals surface area contributed by atoms with Crippen LogP contribution in [0.5, 0.6) is 0 Å². The monoisotopic (exact) mass is 382 g/mol. The van der Waals surface area contributed by atoms with Crippen molar-refractivity contribution < 1.29 is 4.39 Å². The molecular weight excluding hydrogens is 372 g/mol. The van der Waals surface area contributed by atoms with Crippen LogP contribution in [0.15, 0.2) is 12.1 Å². The van der Waals surface area contributed by atoms with Gasteiger partial charge in [-0.25, -0.2) is 4.39 Å². The van der Waals surface area contributed by atoms with Crippen LogP contribution in [-0.2, 0) is 0 Å². The van der Waals surface area contributed by atoms with Crippen molar-refractivity contribution in [1.82, 2.24) is 0 Å². The van der Waals surface area contributed by atoms with Crippen LogP contribution in [0.1, 0.15) is 17.5 Å². The molecule has 1 atom stereocenters. The van der Waals surface area contributed by atoms with Gasteiger partial charge in [0.25, 0.3) is 0 Å². The molecule has 0 saturated heterocycles. The summed E-state index contributed by atoms with van der Waals surface area (Å²) in [6, 6.07) is 3.35. The number of hydrogen-bond donors (Lipinski definition) is 2. The molecule has 2 nitrogen and oxygen atoms in total. The topological polar surface area (TPSA) is 35.9 Å². The van der Waals surface area contributed by atoms with Crippen molar-refractivity contribution in [2.45, 2.75) is 6.42 Å². The molecule has 1 unspecified atom stereocenters. The van der Waals surface area contributed by atoms with E-state index in [9.17, 15) is 4.39 Å². The number of benzene rings is 1. The molecule has 0 fully saturated rings. The van der Waals surface area contributed by atoms with E-state index in [1.807, 2.05) is 0 Å². The number of nitrogens with one attached hydrogen (secondary N) is 2. The van der Waals surface area contributed by atoms with Crippen LogP contribution in [0.25, 0.3) is 0 Å². The fourth-order valence-corrected chi connectivity index (χ4v) is 2.48. The molecule has 1 aromatic carbocycles. The summed E-state index contributed by atoms with van der Waals surface area (Å²) in [5.41, 5.74) is 1.16. The van der Waals surface area contributed by atoms with Gasteiger partial charge in [0.1, 0.15) is 5.82 Å². The minimum Gasteiger partial charge on any atom is -0.358 e. The quantitative estimate of drug-likeness (QED) is 0.265. The largest absolute Gasteiger partial charge is 0.358 e. The molecule has 1 aromatic rings. The fraction of sp³-hybridized carbons (Fsp3) is 0.182. The van der Waals surface area contributed by atoms with E-state index in [4.69, 9.17) is 17.0 Å². The lowest BCUT2D eigenvalue weighted by atomic mass is 10.1. The summed E-state index contributed by atoms with van der Waals surface area (Å²) in [6.07, 6.45) is 1.95. The third-order valence-electron chi connectivity index (χ3n) is 1.95. The lowest BCUT2D eigenvalue weighted by Crippen LogP contribution is -1.97. The molecule has 90 valence electrons. The first-order chi connectivity index (χ1) is 8.24. The Hall–Kier alpha value is -0.370. The summed E-state index contributed by atoms with van der Waals surface area (Å²) < 4.78 is 14.0. The van der Waals surface area contributed by atoms with E-state index >= 15 is 0 Å². The van der Waals surface area contributed by atoms with Gasteiger partial charge in [0, 0.05) is 30.6 Å². The maximum Gasteiger partial charge on any atom is 0.149 e. The highest BCUT2D eigenvalue weighted by atomic mass is 127. The maximum atomic E-state index is 14.0. The van der Waals surface area contributed by atoms with Gasteiger partial charge in [-0.2, -0.15) is 0 Å². The number of rotatable bonds is 4. The van der Waals surface area contributed by atoms with Crippen molar-refractivity contribution in [3.05, 3.63) is 29.1 Å². The molecule has 0 bridgehead atoms. The normalized spacial score (nSPS) is 10.1. The standard InChI is InChI=1S/C11H10ClFIN2P/c12-6-2-1-3-8-4-5-10(16-17-14)9(7-15)11(8)13/h4-5,7,15-17H,2,6H2. The van der Waals surface area contributed by atoms with Gasteiger partial charge < -0.3 is 10.5 Å². The van der Waals surface area contributed by atoms with Crippen molar-refractivity contribution in [2.24, 2.45) is 0 Å². The van der Waals surface area contributed by atoms with E-state index < -0.39 is 5.82 Å². The third kappa shape index (κ3) is 4.09. The van der Waals surface area contributed by atoms with Crippen LogP contribution >= 0.6 is 40.0 Å². The highest BCUT2D eigenvalue weighted by molar-refractivity contribution is 14.2. The van der Waals surface area contributed by atoms with Gasteiger partial charge >= 0.3 is 0 Å². The van der Waals surface area contributed by atoms with Crippen LogP contribution in [-0.4, -0.2) is 12.1 Å². The summed E-state index contributed by atoms with van der Waals surface area (Å²) in [7, 11) is 0. The van der Waals surface area contributed by atoms with Gasteiger partial charge in [-0.05, 0) is 34.2 Å². The SMILES string of the molecule is N=Cc1c(NPI)ccc(C#CCCCl)c1F. The lowest BCUT2D eigenvalue weighted by molar-refractivity contribution is 0.623. The first kappa shape index (κ1) is 14.7. The van der Waals surface area contributed by atoms with Crippen LogP contribution in [0.4, 0.5) is 10.1 Å². The molecule has 1 rings (SSSR count). The Morgan fingerprint density at radius 2 is 2.35 bits per heavy atom. The summed E-state index contributed by atoms with van der Waals surface area (Å²) in [5.74, 6) is 5.47. The molecular formula is C11H10ClFIN2P. The highest BCUT2D eigenvalue weighted by Gasteiger charge is 2.09. The number of hydrogen-bond acceptors (Lipinski definition) is 2. The zero-order valence-corrected chi connectivity index (χ0v) is 12.7. The van der Waals surface area contributed by atoms with Crippen LogP contribution in [0, 0.1) is 23.1 Å². The van der Waals surface area contributed by atoms with Gasteiger partial charge in [-0.15, -0.1) is 11.6 Å². The smallest absolute Gasteiger partial charge is 0.149 e. The molecule has 0 saturated carbocycles. The molecule has 0 aliphatic heterocycles. The van der Waals surface area contributed by atoms with Gasteiger partial charge in [0.15, 0.2) is 0 Å². The molecule has 0 radical (unpaired) electrons. The number of halogens is 3. The predicted octanol–water partition coefficient (Wildman–Crippen LogP) is 4.16. The zero-order chi connectivity index (χ0) is 12.7. The van der Waals surface area contributed by atoms with Crippen molar-refractivity contribution in [2.75, 3.05) is 11.0 Å². The van der Waals surface area contributed by atoms with E-state index in [-0.39, 0.29) is 5.56 Å². The van der Waals surface area contributed by atoms with Crippen LogP contribution in [0.3, 0.4) is 0 Å². The Bertz CT molecular complexity index is 471. The molecule has 0 aromatic heterocycles. The van der Waals surface area contributed by atoms with Crippen molar-refractivity contribution in [3.8, 4) is 11.8 Å². The van der Waals surface area contributed by atoms with Gasteiger partial charge in [0.05, 0.1) is 11.1 Å². The second kappa shape index (κ2) is 7.86. The summed E-state index contributed by atoms with van der Waals surface area (Å²) in [4.78, 5) is 0. The first-order valence-electron chi connectivity index (χ1n) is 4.74. The van der Waals surface area contributed by atoms with Gasteiger partial charge in [-0.1, -0.05) is 11.8 Å². The second-order valence-corrected chi connectivity index (χ2v) is 5.43. The molecule has 0 amide bonds. The Labute approximate surface area is 120 Å². The van der Waals surface area contributed by atoms with Gasteiger partial charge in [0.2, 0.25) is 0 Å². The Morgan fingerprint density at radius 3 is 2.94 bits per heavy atom. The number of alkyl halides is 1. The Balaban J connectivity index is 3.12. The van der Waals surface area contributed by atoms with E-state index in [1.54, 1.807) is 12.1 Å². The number of anilines is 1. The molecule has 0 aliphatic rings.